The van der Waals surface area contributed by atoms with E-state index in [2.05, 4.69) is 25.5 Å². The van der Waals surface area contributed by atoms with Crippen LogP contribution in [0.15, 0.2) is 18.5 Å². The van der Waals surface area contributed by atoms with Gasteiger partial charge in [-0.15, -0.1) is 0 Å². The molecule has 72 valence electrons. The summed E-state index contributed by atoms with van der Waals surface area (Å²) < 4.78 is 0. The van der Waals surface area contributed by atoms with Crippen LogP contribution in [0.2, 0.25) is 0 Å². The lowest BCUT2D eigenvalue weighted by Gasteiger charge is -1.99. The molecule has 14 heavy (non-hydrogen) atoms. The average Bonchev–Trinajstić information content (AvgIpc) is 2.56. The second-order valence-electron chi connectivity index (χ2n) is 3.10. The molecule has 0 aliphatic rings. The molecule has 0 aromatic carbocycles. The molecule has 0 aliphatic carbocycles. The largest absolute Gasteiger partial charge is 0.322 e. The topological polar surface area (TPSA) is 66.5 Å². The number of hydrogen-bond donors (Lipinski definition) is 2. The molecule has 0 amide bonds. The maximum atomic E-state index is 4.16. The van der Waals surface area contributed by atoms with Gasteiger partial charge in [0.15, 0.2) is 5.82 Å². The number of H-pyrrole nitrogens is 1. The second-order valence-corrected chi connectivity index (χ2v) is 3.10. The zero-order valence-corrected chi connectivity index (χ0v) is 8.07. The zero-order chi connectivity index (χ0) is 9.97. The summed E-state index contributed by atoms with van der Waals surface area (Å²) in [6, 6.07) is 1.90. The summed E-state index contributed by atoms with van der Waals surface area (Å²) in [5, 5.41) is 9.91. The first kappa shape index (κ1) is 8.68. The van der Waals surface area contributed by atoms with Gasteiger partial charge in [-0.05, 0) is 13.8 Å². The fourth-order valence-electron chi connectivity index (χ4n) is 1.07. The Hall–Kier alpha value is -1.91. The molecule has 0 bridgehead atoms. The van der Waals surface area contributed by atoms with Crippen LogP contribution < -0.4 is 5.32 Å². The Kier molecular flexibility index (Phi) is 2.14. The molecule has 2 rings (SSSR count). The van der Waals surface area contributed by atoms with Crippen molar-refractivity contribution >= 4 is 11.6 Å². The van der Waals surface area contributed by atoms with Crippen LogP contribution in [0.1, 0.15) is 11.4 Å². The third-order valence-corrected chi connectivity index (χ3v) is 1.74. The van der Waals surface area contributed by atoms with E-state index in [-0.39, 0.29) is 0 Å². The van der Waals surface area contributed by atoms with Gasteiger partial charge < -0.3 is 5.32 Å². The van der Waals surface area contributed by atoms with E-state index in [9.17, 15) is 0 Å². The summed E-state index contributed by atoms with van der Waals surface area (Å²) in [7, 11) is 0. The molecule has 0 aliphatic heterocycles. The van der Waals surface area contributed by atoms with E-state index >= 15 is 0 Å². The van der Waals surface area contributed by atoms with Crippen LogP contribution in [0.25, 0.3) is 0 Å². The lowest BCUT2D eigenvalue weighted by atomic mass is 10.4. The van der Waals surface area contributed by atoms with Gasteiger partial charge in [-0.2, -0.15) is 5.10 Å². The molecule has 5 heteroatoms. The van der Waals surface area contributed by atoms with Crippen molar-refractivity contribution < 1.29 is 0 Å². The highest BCUT2D eigenvalue weighted by molar-refractivity contribution is 5.50. The minimum Gasteiger partial charge on any atom is -0.322 e. The third kappa shape index (κ3) is 1.87. The molecule has 0 fully saturated rings. The number of hydrogen-bond acceptors (Lipinski definition) is 4. The number of aryl methyl sites for hydroxylation is 2. The highest BCUT2D eigenvalue weighted by Crippen LogP contribution is 2.10. The van der Waals surface area contributed by atoms with Crippen molar-refractivity contribution in [3.05, 3.63) is 29.8 Å². The predicted molar refractivity (Wildman–Crippen MR) is 53.4 cm³/mol. The summed E-state index contributed by atoms with van der Waals surface area (Å²) >= 11 is 0. The Morgan fingerprint density at radius 1 is 1.14 bits per heavy atom. The Morgan fingerprint density at radius 2 is 2.00 bits per heavy atom. The Bertz CT molecular complexity index is 417. The summed E-state index contributed by atoms with van der Waals surface area (Å²) in [4.78, 5) is 8.27. The number of rotatable bonds is 2. The Morgan fingerprint density at radius 3 is 2.57 bits per heavy atom. The van der Waals surface area contributed by atoms with E-state index in [1.165, 1.54) is 0 Å². The number of aromatic amines is 1. The SMILES string of the molecule is Cc1cnc(Nc2cc(C)[nH]n2)cn1. The van der Waals surface area contributed by atoms with Crippen LogP contribution in [-0.2, 0) is 0 Å². The minimum atomic E-state index is 0.696. The summed E-state index contributed by atoms with van der Waals surface area (Å²) in [6.07, 6.45) is 3.39. The molecular weight excluding hydrogens is 178 g/mol. The number of nitrogens with zero attached hydrogens (tertiary/aromatic N) is 3. The maximum absolute atomic E-state index is 4.16. The monoisotopic (exact) mass is 189 g/mol. The molecule has 2 aromatic rings. The summed E-state index contributed by atoms with van der Waals surface area (Å²) in [5.74, 6) is 1.45. The summed E-state index contributed by atoms with van der Waals surface area (Å²) in [5.41, 5.74) is 1.90. The van der Waals surface area contributed by atoms with Gasteiger partial charge >= 0.3 is 0 Å². The molecule has 0 unspecified atom stereocenters. The van der Waals surface area contributed by atoms with E-state index in [1.54, 1.807) is 12.4 Å². The highest BCUT2D eigenvalue weighted by Gasteiger charge is 1.98. The standard InChI is InChI=1S/C9H11N5/c1-6-3-8(14-13-6)12-9-5-10-7(2)4-11-9/h3-5H,1-2H3,(H2,11,12,13,14). The predicted octanol–water partition coefficient (Wildman–Crippen LogP) is 1.56. The minimum absolute atomic E-state index is 0.696. The molecule has 0 spiro atoms. The van der Waals surface area contributed by atoms with E-state index < -0.39 is 0 Å². The molecule has 0 saturated carbocycles. The second kappa shape index (κ2) is 3.45. The first-order valence-electron chi connectivity index (χ1n) is 4.32. The van der Waals surface area contributed by atoms with Gasteiger partial charge in [0.1, 0.15) is 5.82 Å². The maximum Gasteiger partial charge on any atom is 0.153 e. The molecule has 0 atom stereocenters. The van der Waals surface area contributed by atoms with E-state index in [4.69, 9.17) is 0 Å². The molecule has 0 radical (unpaired) electrons. The molecular formula is C9H11N5. The van der Waals surface area contributed by atoms with Gasteiger partial charge in [0.05, 0.1) is 18.1 Å². The van der Waals surface area contributed by atoms with Gasteiger partial charge in [-0.25, -0.2) is 4.98 Å². The molecule has 2 heterocycles. The van der Waals surface area contributed by atoms with Crippen LogP contribution in [-0.4, -0.2) is 20.2 Å². The van der Waals surface area contributed by atoms with Crippen molar-refractivity contribution in [2.24, 2.45) is 0 Å². The number of anilines is 2. The fraction of sp³-hybridized carbons (Fsp3) is 0.222. The normalized spacial score (nSPS) is 10.1. The van der Waals surface area contributed by atoms with Crippen molar-refractivity contribution in [2.45, 2.75) is 13.8 Å². The molecule has 2 N–H and O–H groups in total. The van der Waals surface area contributed by atoms with Gasteiger partial charge in [0, 0.05) is 11.8 Å². The highest BCUT2D eigenvalue weighted by atomic mass is 15.2. The van der Waals surface area contributed by atoms with Gasteiger partial charge in [0.25, 0.3) is 0 Å². The van der Waals surface area contributed by atoms with E-state index in [0.29, 0.717) is 5.82 Å². The van der Waals surface area contributed by atoms with E-state index in [0.717, 1.165) is 17.2 Å². The third-order valence-electron chi connectivity index (χ3n) is 1.74. The molecule has 5 nitrogen and oxygen atoms in total. The lowest BCUT2D eigenvalue weighted by Crippen LogP contribution is -1.95. The average molecular weight is 189 g/mol. The smallest absolute Gasteiger partial charge is 0.153 e. The van der Waals surface area contributed by atoms with Crippen LogP contribution in [0.5, 0.6) is 0 Å². The van der Waals surface area contributed by atoms with Crippen molar-refractivity contribution in [2.75, 3.05) is 5.32 Å². The Labute approximate surface area is 81.6 Å². The van der Waals surface area contributed by atoms with E-state index in [1.807, 2.05) is 19.9 Å². The zero-order valence-electron chi connectivity index (χ0n) is 8.07. The number of nitrogens with one attached hydrogen (secondary N) is 2. The number of aromatic nitrogens is 4. The van der Waals surface area contributed by atoms with Gasteiger partial charge in [-0.3, -0.25) is 10.1 Å². The van der Waals surface area contributed by atoms with Crippen molar-refractivity contribution in [3.63, 3.8) is 0 Å². The van der Waals surface area contributed by atoms with Crippen molar-refractivity contribution in [1.29, 1.82) is 0 Å². The fourth-order valence-corrected chi connectivity index (χ4v) is 1.07. The molecule has 2 aromatic heterocycles. The first-order chi connectivity index (χ1) is 6.74. The van der Waals surface area contributed by atoms with Crippen molar-refractivity contribution in [1.82, 2.24) is 20.2 Å². The molecule has 0 saturated heterocycles. The lowest BCUT2D eigenvalue weighted by molar-refractivity contribution is 1.04. The van der Waals surface area contributed by atoms with Gasteiger partial charge in [-0.1, -0.05) is 0 Å². The summed E-state index contributed by atoms with van der Waals surface area (Å²) in [6.45, 7) is 3.84. The Balaban J connectivity index is 2.15. The van der Waals surface area contributed by atoms with Crippen LogP contribution in [0, 0.1) is 13.8 Å². The van der Waals surface area contributed by atoms with Crippen LogP contribution in [0.4, 0.5) is 11.6 Å². The van der Waals surface area contributed by atoms with Crippen LogP contribution >= 0.6 is 0 Å². The van der Waals surface area contributed by atoms with Crippen LogP contribution in [0.3, 0.4) is 0 Å². The van der Waals surface area contributed by atoms with Crippen molar-refractivity contribution in [3.8, 4) is 0 Å². The quantitative estimate of drug-likeness (QED) is 0.752. The van der Waals surface area contributed by atoms with Gasteiger partial charge in [0.2, 0.25) is 0 Å². The first-order valence-corrected chi connectivity index (χ1v) is 4.32.